The van der Waals surface area contributed by atoms with E-state index in [4.69, 9.17) is 5.11 Å². The average molecular weight is 410 g/mol. The number of rotatable bonds is 6. The molecule has 1 aromatic carbocycles. The number of pyridine rings is 2. The molecular formula is C21H22N4O3S. The zero-order chi connectivity index (χ0) is 20.6. The van der Waals surface area contributed by atoms with Gasteiger partial charge in [0.25, 0.3) is 0 Å². The van der Waals surface area contributed by atoms with Gasteiger partial charge in [-0.1, -0.05) is 19.1 Å². The van der Waals surface area contributed by atoms with Crippen molar-refractivity contribution in [3.05, 3.63) is 48.3 Å². The molecule has 0 radical (unpaired) electrons. The Bertz CT molecular complexity index is 1310. The second kappa shape index (κ2) is 7.46. The lowest BCUT2D eigenvalue weighted by Crippen LogP contribution is -2.07. The number of nitrogens with one attached hydrogen (secondary N) is 2. The molecule has 3 N–H and O–H groups in total. The quantitative estimate of drug-likeness (QED) is 0.450. The second-order valence-corrected chi connectivity index (χ2v) is 9.16. The van der Waals surface area contributed by atoms with Crippen LogP contribution >= 0.6 is 0 Å². The van der Waals surface area contributed by atoms with Gasteiger partial charge in [-0.25, -0.2) is 18.4 Å². The monoisotopic (exact) mass is 410 g/mol. The van der Waals surface area contributed by atoms with Crippen molar-refractivity contribution < 1.29 is 13.5 Å². The van der Waals surface area contributed by atoms with Gasteiger partial charge in [-0.05, 0) is 36.2 Å². The summed E-state index contributed by atoms with van der Waals surface area (Å²) in [5.41, 5.74) is 4.11. The first-order valence-electron chi connectivity index (χ1n) is 9.39. The summed E-state index contributed by atoms with van der Waals surface area (Å²) in [6.45, 7) is 3.97. The largest absolute Gasteiger partial charge is 0.395 e. The van der Waals surface area contributed by atoms with Crippen LogP contribution in [0.3, 0.4) is 0 Å². The maximum atomic E-state index is 12.4. The molecular weight excluding hydrogens is 388 g/mol. The summed E-state index contributed by atoms with van der Waals surface area (Å²) in [4.78, 5) is 12.6. The number of fused-ring (bicyclic) bond motifs is 3. The number of aryl methyl sites for hydroxylation is 1. The Labute approximate surface area is 168 Å². The summed E-state index contributed by atoms with van der Waals surface area (Å²) in [6, 6.07) is 8.99. The Kier molecular flexibility index (Phi) is 4.97. The number of aliphatic hydroxyl groups is 1. The van der Waals surface area contributed by atoms with Gasteiger partial charge in [-0.3, -0.25) is 0 Å². The summed E-state index contributed by atoms with van der Waals surface area (Å²) in [5, 5.41) is 14.1. The molecule has 0 unspecified atom stereocenters. The number of sulfone groups is 1. The third-order valence-corrected chi connectivity index (χ3v) is 6.64. The third kappa shape index (κ3) is 3.45. The highest BCUT2D eigenvalue weighted by Crippen LogP contribution is 2.37. The summed E-state index contributed by atoms with van der Waals surface area (Å²) in [7, 11) is -3.32. The van der Waals surface area contributed by atoms with E-state index in [9.17, 15) is 8.42 Å². The molecule has 0 aliphatic heterocycles. The van der Waals surface area contributed by atoms with E-state index in [1.807, 2.05) is 19.1 Å². The first-order chi connectivity index (χ1) is 13.9. The smallest absolute Gasteiger partial charge is 0.178 e. The number of aliphatic hydroxyl groups excluding tert-OH is 1. The molecule has 29 heavy (non-hydrogen) atoms. The van der Waals surface area contributed by atoms with E-state index in [0.717, 1.165) is 38.6 Å². The molecule has 3 aromatic heterocycles. The Hall–Kier alpha value is -2.97. The molecule has 0 fully saturated rings. The van der Waals surface area contributed by atoms with Crippen LogP contribution in [-0.2, 0) is 9.84 Å². The Morgan fingerprint density at radius 2 is 2.00 bits per heavy atom. The molecule has 0 bridgehead atoms. The lowest BCUT2D eigenvalue weighted by Gasteiger charge is -2.10. The van der Waals surface area contributed by atoms with Crippen LogP contribution < -0.4 is 5.32 Å². The molecule has 8 heteroatoms. The van der Waals surface area contributed by atoms with Gasteiger partial charge in [0.15, 0.2) is 15.7 Å². The lowest BCUT2D eigenvalue weighted by atomic mass is 10.0. The Morgan fingerprint density at radius 3 is 2.76 bits per heavy atom. The van der Waals surface area contributed by atoms with E-state index in [-0.39, 0.29) is 12.4 Å². The normalized spacial score (nSPS) is 12.0. The molecule has 0 saturated carbocycles. The van der Waals surface area contributed by atoms with Crippen LogP contribution in [-0.4, -0.2) is 47.4 Å². The minimum atomic E-state index is -3.32. The predicted molar refractivity (Wildman–Crippen MR) is 115 cm³/mol. The average Bonchev–Trinajstić information content (AvgIpc) is 3.11. The lowest BCUT2D eigenvalue weighted by molar-refractivity contribution is 0.311. The molecule has 4 aromatic rings. The number of aromatic amines is 1. The van der Waals surface area contributed by atoms with Crippen LogP contribution in [0, 0.1) is 6.92 Å². The van der Waals surface area contributed by atoms with Gasteiger partial charge in [0.2, 0.25) is 0 Å². The number of H-pyrrole nitrogens is 1. The van der Waals surface area contributed by atoms with Crippen molar-refractivity contribution >= 4 is 37.6 Å². The van der Waals surface area contributed by atoms with Gasteiger partial charge in [0.05, 0.1) is 22.8 Å². The standard InChI is InChI=1S/C21H22N4O3S/c1-3-29(27,28)15-6-4-5-14(10-15)17-12-24-21(22-7-8-26)19-18(17)16-9-13(2)11-23-20(16)25-19/h4-6,9-12,26H,3,7-8H2,1-2H3,(H,22,24)(H,23,25). The molecule has 0 amide bonds. The van der Waals surface area contributed by atoms with Gasteiger partial charge in [0, 0.05) is 35.3 Å². The fourth-order valence-corrected chi connectivity index (χ4v) is 4.37. The van der Waals surface area contributed by atoms with Crippen LogP contribution in [0.25, 0.3) is 33.1 Å². The summed E-state index contributed by atoms with van der Waals surface area (Å²) in [6.07, 6.45) is 3.52. The fourth-order valence-electron chi connectivity index (χ4n) is 3.44. The summed E-state index contributed by atoms with van der Waals surface area (Å²) in [5.74, 6) is 0.662. The molecule has 0 aliphatic carbocycles. The van der Waals surface area contributed by atoms with Crippen molar-refractivity contribution in [1.82, 2.24) is 15.0 Å². The van der Waals surface area contributed by atoms with Crippen molar-refractivity contribution in [2.45, 2.75) is 18.7 Å². The van der Waals surface area contributed by atoms with Crippen LogP contribution in [0.1, 0.15) is 12.5 Å². The fraction of sp³-hybridized carbons (Fsp3) is 0.238. The van der Waals surface area contributed by atoms with Crippen LogP contribution in [0.2, 0.25) is 0 Å². The highest BCUT2D eigenvalue weighted by Gasteiger charge is 2.18. The van der Waals surface area contributed by atoms with E-state index < -0.39 is 9.84 Å². The zero-order valence-corrected chi connectivity index (χ0v) is 17.0. The van der Waals surface area contributed by atoms with Crippen LogP contribution in [0.4, 0.5) is 5.82 Å². The Balaban J connectivity index is 2.02. The molecule has 4 rings (SSSR count). The molecule has 150 valence electrons. The van der Waals surface area contributed by atoms with Crippen molar-refractivity contribution in [3.63, 3.8) is 0 Å². The Morgan fingerprint density at radius 1 is 1.17 bits per heavy atom. The first kappa shape index (κ1) is 19.4. The second-order valence-electron chi connectivity index (χ2n) is 6.89. The minimum absolute atomic E-state index is 0.0145. The summed E-state index contributed by atoms with van der Waals surface area (Å²) >= 11 is 0. The number of aromatic nitrogens is 3. The third-order valence-electron chi connectivity index (χ3n) is 4.90. The topological polar surface area (TPSA) is 108 Å². The van der Waals surface area contributed by atoms with Gasteiger partial charge in [-0.15, -0.1) is 0 Å². The van der Waals surface area contributed by atoms with Crippen LogP contribution in [0.5, 0.6) is 0 Å². The molecule has 0 spiro atoms. The maximum Gasteiger partial charge on any atom is 0.178 e. The number of benzene rings is 1. The van der Waals surface area contributed by atoms with Crippen molar-refractivity contribution in [2.75, 3.05) is 24.2 Å². The number of anilines is 1. The van der Waals surface area contributed by atoms with Crippen molar-refractivity contribution in [3.8, 4) is 11.1 Å². The minimum Gasteiger partial charge on any atom is -0.395 e. The predicted octanol–water partition coefficient (Wildman–Crippen LogP) is 3.28. The van der Waals surface area contributed by atoms with E-state index in [2.05, 4.69) is 20.3 Å². The van der Waals surface area contributed by atoms with E-state index >= 15 is 0 Å². The number of hydrogen-bond acceptors (Lipinski definition) is 6. The van der Waals surface area contributed by atoms with Gasteiger partial charge in [-0.2, -0.15) is 0 Å². The van der Waals surface area contributed by atoms with E-state index in [1.54, 1.807) is 37.5 Å². The van der Waals surface area contributed by atoms with Gasteiger partial charge >= 0.3 is 0 Å². The van der Waals surface area contributed by atoms with Crippen molar-refractivity contribution in [2.24, 2.45) is 0 Å². The molecule has 3 heterocycles. The number of nitrogens with zero attached hydrogens (tertiary/aromatic N) is 2. The number of hydrogen-bond donors (Lipinski definition) is 3. The van der Waals surface area contributed by atoms with Gasteiger partial charge in [0.1, 0.15) is 5.65 Å². The van der Waals surface area contributed by atoms with Gasteiger partial charge < -0.3 is 15.4 Å². The van der Waals surface area contributed by atoms with Crippen molar-refractivity contribution in [1.29, 1.82) is 0 Å². The first-order valence-corrected chi connectivity index (χ1v) is 11.0. The molecule has 7 nitrogen and oxygen atoms in total. The maximum absolute atomic E-state index is 12.4. The zero-order valence-electron chi connectivity index (χ0n) is 16.2. The highest BCUT2D eigenvalue weighted by molar-refractivity contribution is 7.91. The molecule has 0 saturated heterocycles. The highest BCUT2D eigenvalue weighted by atomic mass is 32.2. The van der Waals surface area contributed by atoms with E-state index in [0.29, 0.717) is 17.3 Å². The van der Waals surface area contributed by atoms with Crippen LogP contribution in [0.15, 0.2) is 47.6 Å². The molecule has 0 atom stereocenters. The van der Waals surface area contributed by atoms with E-state index in [1.165, 1.54) is 0 Å². The summed E-state index contributed by atoms with van der Waals surface area (Å²) < 4.78 is 24.7. The molecule has 0 aliphatic rings. The SMILES string of the molecule is CCS(=O)(=O)c1cccc(-c2cnc(NCCO)c3[nH]c4ncc(C)cc4c23)c1.